The quantitative estimate of drug-likeness (QED) is 0.488. The maximum atomic E-state index is 14.0. The van der Waals surface area contributed by atoms with Gasteiger partial charge < -0.3 is 9.64 Å². The molecule has 1 aliphatic carbocycles. The summed E-state index contributed by atoms with van der Waals surface area (Å²) in [5.41, 5.74) is 0.760. The highest BCUT2D eigenvalue weighted by atomic mass is 32.2. The van der Waals surface area contributed by atoms with Crippen molar-refractivity contribution in [1.29, 1.82) is 5.41 Å². The van der Waals surface area contributed by atoms with Gasteiger partial charge in [0.25, 0.3) is 0 Å². The normalized spacial score (nSPS) is 17.9. The first-order valence-electron chi connectivity index (χ1n) is 10.5. The van der Waals surface area contributed by atoms with E-state index in [2.05, 4.69) is 5.32 Å². The van der Waals surface area contributed by atoms with Gasteiger partial charge in [-0.05, 0) is 55.2 Å². The van der Waals surface area contributed by atoms with Crippen molar-refractivity contribution in [2.45, 2.75) is 44.9 Å². The molecule has 166 valence electrons. The van der Waals surface area contributed by atoms with Crippen molar-refractivity contribution in [3.63, 3.8) is 0 Å². The molecule has 9 heteroatoms. The molecule has 7 nitrogen and oxygen atoms in total. The minimum Gasteiger partial charge on any atom is -0.490 e. The number of nitrogens with zero attached hydrogens (tertiary/aromatic N) is 1. The predicted molar refractivity (Wildman–Crippen MR) is 113 cm³/mol. The van der Waals surface area contributed by atoms with Crippen molar-refractivity contribution in [3.8, 4) is 5.75 Å². The summed E-state index contributed by atoms with van der Waals surface area (Å²) in [4.78, 5) is 12.9. The highest BCUT2D eigenvalue weighted by Crippen LogP contribution is 2.31. The van der Waals surface area contributed by atoms with Gasteiger partial charge in [-0.25, -0.2) is 12.8 Å². The maximum absolute atomic E-state index is 14.0. The van der Waals surface area contributed by atoms with Crippen LogP contribution in [0.25, 0.3) is 0 Å². The van der Waals surface area contributed by atoms with Crippen molar-refractivity contribution >= 4 is 21.7 Å². The van der Waals surface area contributed by atoms with Gasteiger partial charge in [0.15, 0.2) is 27.4 Å². The maximum Gasteiger partial charge on any atom is 0.246 e. The minimum absolute atomic E-state index is 0.00981. The van der Waals surface area contributed by atoms with Crippen LogP contribution in [0.15, 0.2) is 18.2 Å². The summed E-state index contributed by atoms with van der Waals surface area (Å²) in [6, 6.07) is 4.59. The Bertz CT molecular complexity index is 886. The molecule has 1 aromatic carbocycles. The molecule has 1 saturated carbocycles. The average Bonchev–Trinajstić information content (AvgIpc) is 3.44. The largest absolute Gasteiger partial charge is 0.490 e. The third-order valence-electron chi connectivity index (χ3n) is 5.49. The SMILES string of the molecule is C[C@@H](CS(=O)(=O)CCCCCN1CC(=O)NC1=N)c1ccc(F)c(OCC2CC2)c1. The lowest BCUT2D eigenvalue weighted by molar-refractivity contribution is -0.118. The summed E-state index contributed by atoms with van der Waals surface area (Å²) in [7, 11) is -3.24. The first kappa shape index (κ1) is 22.5. The number of nitrogens with one attached hydrogen (secondary N) is 2. The molecule has 1 aromatic rings. The van der Waals surface area contributed by atoms with Crippen LogP contribution in [0.2, 0.25) is 0 Å². The lowest BCUT2D eigenvalue weighted by Crippen LogP contribution is -2.29. The van der Waals surface area contributed by atoms with Crippen LogP contribution < -0.4 is 10.1 Å². The first-order valence-corrected chi connectivity index (χ1v) is 12.3. The van der Waals surface area contributed by atoms with E-state index >= 15 is 0 Å². The summed E-state index contributed by atoms with van der Waals surface area (Å²) >= 11 is 0. The number of guanidine groups is 1. The zero-order chi connectivity index (χ0) is 21.7. The Hall–Kier alpha value is -2.16. The summed E-state index contributed by atoms with van der Waals surface area (Å²) in [6.07, 6.45) is 4.21. The zero-order valence-corrected chi connectivity index (χ0v) is 18.1. The highest BCUT2D eigenvalue weighted by molar-refractivity contribution is 7.91. The van der Waals surface area contributed by atoms with Gasteiger partial charge in [0.05, 0.1) is 18.1 Å². The molecule has 1 amide bonds. The van der Waals surface area contributed by atoms with Crippen molar-refractivity contribution in [2.24, 2.45) is 5.92 Å². The van der Waals surface area contributed by atoms with Gasteiger partial charge in [0.1, 0.15) is 6.54 Å². The van der Waals surface area contributed by atoms with Gasteiger partial charge in [0, 0.05) is 6.54 Å². The number of sulfone groups is 1. The number of benzene rings is 1. The van der Waals surface area contributed by atoms with E-state index in [1.165, 1.54) is 6.07 Å². The topological polar surface area (TPSA) is 99.6 Å². The Balaban J connectivity index is 1.42. The molecule has 0 aromatic heterocycles. The molecular weight excluding hydrogens is 409 g/mol. The number of hydrogen-bond donors (Lipinski definition) is 2. The van der Waals surface area contributed by atoms with E-state index in [1.807, 2.05) is 6.92 Å². The Kier molecular flexibility index (Phi) is 7.33. The summed E-state index contributed by atoms with van der Waals surface area (Å²) < 4.78 is 44.5. The van der Waals surface area contributed by atoms with Gasteiger partial charge in [-0.2, -0.15) is 0 Å². The lowest BCUT2D eigenvalue weighted by atomic mass is 10.0. The second-order valence-corrected chi connectivity index (χ2v) is 10.6. The van der Waals surface area contributed by atoms with Crippen LogP contribution >= 0.6 is 0 Å². The first-order chi connectivity index (χ1) is 14.2. The average molecular weight is 440 g/mol. The number of carbonyl (C=O) groups excluding carboxylic acids is 1. The Morgan fingerprint density at radius 1 is 1.30 bits per heavy atom. The molecule has 0 unspecified atom stereocenters. The zero-order valence-electron chi connectivity index (χ0n) is 17.3. The third-order valence-corrected chi connectivity index (χ3v) is 7.41. The van der Waals surface area contributed by atoms with E-state index < -0.39 is 15.7 Å². The van der Waals surface area contributed by atoms with Gasteiger partial charge in [-0.3, -0.25) is 15.5 Å². The number of carbonyl (C=O) groups is 1. The number of hydrogen-bond acceptors (Lipinski definition) is 5. The molecule has 1 heterocycles. The monoisotopic (exact) mass is 439 g/mol. The number of unbranched alkanes of at least 4 members (excludes halogenated alkanes) is 2. The molecule has 3 rings (SSSR count). The van der Waals surface area contributed by atoms with Gasteiger partial charge >= 0.3 is 0 Å². The van der Waals surface area contributed by atoms with Crippen LogP contribution in [-0.2, 0) is 14.6 Å². The van der Waals surface area contributed by atoms with E-state index in [0.29, 0.717) is 31.9 Å². The molecule has 0 bridgehead atoms. The fourth-order valence-corrected chi connectivity index (χ4v) is 5.25. The Labute approximate surface area is 177 Å². The van der Waals surface area contributed by atoms with Crippen molar-refractivity contribution in [2.75, 3.05) is 31.2 Å². The van der Waals surface area contributed by atoms with E-state index in [0.717, 1.165) is 24.8 Å². The molecule has 2 fully saturated rings. The molecule has 1 saturated heterocycles. The van der Waals surface area contributed by atoms with Gasteiger partial charge in [0.2, 0.25) is 5.91 Å². The van der Waals surface area contributed by atoms with Crippen LogP contribution in [-0.4, -0.2) is 56.4 Å². The second-order valence-electron chi connectivity index (χ2n) is 8.34. The van der Waals surface area contributed by atoms with Crippen LogP contribution in [0.1, 0.15) is 50.5 Å². The molecule has 1 atom stereocenters. The smallest absolute Gasteiger partial charge is 0.246 e. The van der Waals surface area contributed by atoms with Gasteiger partial charge in [-0.15, -0.1) is 0 Å². The molecule has 1 aliphatic heterocycles. The number of amides is 1. The van der Waals surface area contributed by atoms with E-state index in [4.69, 9.17) is 10.1 Å². The van der Waals surface area contributed by atoms with Crippen molar-refractivity contribution in [1.82, 2.24) is 10.2 Å². The van der Waals surface area contributed by atoms with E-state index in [-0.39, 0.29) is 41.6 Å². The van der Waals surface area contributed by atoms with Crippen LogP contribution in [0, 0.1) is 17.1 Å². The highest BCUT2D eigenvalue weighted by Gasteiger charge is 2.24. The molecule has 30 heavy (non-hydrogen) atoms. The molecule has 2 N–H and O–H groups in total. The summed E-state index contributed by atoms with van der Waals surface area (Å²) in [6.45, 7) is 3.10. The fraction of sp³-hybridized carbons (Fsp3) is 0.619. The number of halogens is 1. The number of ether oxygens (including phenoxy) is 1. The molecule has 0 spiro atoms. The van der Waals surface area contributed by atoms with E-state index in [9.17, 15) is 17.6 Å². The minimum atomic E-state index is -3.24. The lowest BCUT2D eigenvalue weighted by Gasteiger charge is -2.16. The van der Waals surface area contributed by atoms with Gasteiger partial charge in [-0.1, -0.05) is 19.4 Å². The molecule has 0 radical (unpaired) electrons. The van der Waals surface area contributed by atoms with Crippen molar-refractivity contribution < 1.29 is 22.3 Å². The molecule has 2 aliphatic rings. The Morgan fingerprint density at radius 3 is 2.73 bits per heavy atom. The van der Waals surface area contributed by atoms with Crippen LogP contribution in [0.3, 0.4) is 0 Å². The second kappa shape index (κ2) is 9.76. The van der Waals surface area contributed by atoms with Crippen molar-refractivity contribution in [3.05, 3.63) is 29.6 Å². The van der Waals surface area contributed by atoms with Crippen LogP contribution in [0.4, 0.5) is 4.39 Å². The summed E-state index contributed by atoms with van der Waals surface area (Å²) in [5, 5.41) is 10.1. The fourth-order valence-electron chi connectivity index (χ4n) is 3.49. The number of rotatable bonds is 12. The predicted octanol–water partition coefficient (Wildman–Crippen LogP) is 2.67. The van der Waals surface area contributed by atoms with E-state index in [1.54, 1.807) is 17.0 Å². The third kappa shape index (κ3) is 6.68. The van der Waals surface area contributed by atoms with Crippen LogP contribution in [0.5, 0.6) is 5.75 Å². The Morgan fingerprint density at radius 2 is 2.07 bits per heavy atom. The molecular formula is C21H30FN3O4S. The summed E-state index contributed by atoms with van der Waals surface area (Å²) in [5.74, 6) is 0.0783. The standard InChI is InChI=1S/C21H30FN3O4S/c1-15(17-7-8-18(22)19(11-17)29-13-16-5-6-16)14-30(27,28)10-4-2-3-9-25-12-20(26)24-21(25)23/h7-8,11,15-16H,2-6,9-10,12-14H2,1H3,(H2,23,24,26)/t15-/m0/s1.